The zero-order valence-electron chi connectivity index (χ0n) is 21.3. The first-order valence-corrected chi connectivity index (χ1v) is 13.9. The molecule has 6 nitrogen and oxygen atoms in total. The minimum absolute atomic E-state index is 0.0304. The molecule has 0 unspecified atom stereocenters. The quantitative estimate of drug-likeness (QED) is 0.477. The maximum absolute atomic E-state index is 13.6. The fourth-order valence-corrected chi connectivity index (χ4v) is 6.37. The van der Waals surface area contributed by atoms with Crippen LogP contribution in [-0.2, 0) is 15.0 Å². The highest BCUT2D eigenvalue weighted by atomic mass is 32.2. The number of hydrogen-bond donors (Lipinski definition) is 1. The molecule has 1 atom stereocenters. The lowest BCUT2D eigenvalue weighted by atomic mass is 9.88. The van der Waals surface area contributed by atoms with E-state index in [0.29, 0.717) is 24.0 Å². The standard InChI is InChI=1S/C27H34N4O2S2/c1-17(2)14-28-21(32)15-30-22(33)16-35-24(20-11-8-12-34-20)23-25(27(4,5)6)29-31(26(23)30)19-10-7-9-18(3)13-19/h7-13,17,24H,14-16H2,1-6H3,(H,28,32)/t24-/m0/s1. The largest absolute Gasteiger partial charge is 0.354 e. The molecule has 0 radical (unpaired) electrons. The Bertz CT molecular complexity index is 1210. The van der Waals surface area contributed by atoms with Gasteiger partial charge in [0.05, 0.1) is 22.4 Å². The molecule has 3 heterocycles. The van der Waals surface area contributed by atoms with Crippen LogP contribution in [0.15, 0.2) is 41.8 Å². The van der Waals surface area contributed by atoms with Crippen molar-refractivity contribution in [2.45, 2.75) is 52.2 Å². The minimum Gasteiger partial charge on any atom is -0.354 e. The molecule has 35 heavy (non-hydrogen) atoms. The average Bonchev–Trinajstić information content (AvgIpc) is 3.42. The van der Waals surface area contributed by atoms with Gasteiger partial charge in [-0.1, -0.05) is 52.8 Å². The van der Waals surface area contributed by atoms with E-state index in [2.05, 4.69) is 57.4 Å². The second-order valence-corrected chi connectivity index (χ2v) is 12.5. The van der Waals surface area contributed by atoms with E-state index >= 15 is 0 Å². The van der Waals surface area contributed by atoms with Crippen molar-refractivity contribution in [2.75, 3.05) is 23.7 Å². The highest BCUT2D eigenvalue weighted by Gasteiger charge is 2.40. The molecule has 4 rings (SSSR count). The Morgan fingerprint density at radius 1 is 1.23 bits per heavy atom. The number of amides is 2. The zero-order chi connectivity index (χ0) is 25.3. The van der Waals surface area contributed by atoms with Crippen molar-refractivity contribution in [1.82, 2.24) is 15.1 Å². The van der Waals surface area contributed by atoms with Crippen LogP contribution in [-0.4, -0.2) is 40.4 Å². The third-order valence-electron chi connectivity index (χ3n) is 5.86. The Kier molecular flexibility index (Phi) is 7.43. The monoisotopic (exact) mass is 510 g/mol. The summed E-state index contributed by atoms with van der Waals surface area (Å²) in [4.78, 5) is 29.4. The van der Waals surface area contributed by atoms with Crippen LogP contribution in [0.5, 0.6) is 0 Å². The Labute approximate surface area is 216 Å². The molecule has 1 aromatic carbocycles. The maximum Gasteiger partial charge on any atom is 0.240 e. The Morgan fingerprint density at radius 2 is 2.00 bits per heavy atom. The molecule has 0 fully saturated rings. The Hall–Kier alpha value is -2.58. The van der Waals surface area contributed by atoms with Gasteiger partial charge in [-0.3, -0.25) is 14.5 Å². The van der Waals surface area contributed by atoms with E-state index in [-0.39, 0.29) is 29.0 Å². The summed E-state index contributed by atoms with van der Waals surface area (Å²) in [7, 11) is 0. The van der Waals surface area contributed by atoms with Crippen molar-refractivity contribution in [2.24, 2.45) is 5.92 Å². The lowest BCUT2D eigenvalue weighted by molar-refractivity contribution is -0.123. The van der Waals surface area contributed by atoms with E-state index in [9.17, 15) is 9.59 Å². The minimum atomic E-state index is -0.256. The highest BCUT2D eigenvalue weighted by Crippen LogP contribution is 2.49. The van der Waals surface area contributed by atoms with E-state index in [0.717, 1.165) is 22.5 Å². The number of hydrogen-bond acceptors (Lipinski definition) is 5. The summed E-state index contributed by atoms with van der Waals surface area (Å²) in [5.74, 6) is 1.09. The first kappa shape index (κ1) is 25.5. The summed E-state index contributed by atoms with van der Waals surface area (Å²) >= 11 is 3.31. The fraction of sp³-hybridized carbons (Fsp3) is 0.444. The summed E-state index contributed by atoms with van der Waals surface area (Å²) in [5.41, 5.74) is 3.70. The lowest BCUT2D eigenvalue weighted by Crippen LogP contribution is -2.43. The Balaban J connectivity index is 1.95. The molecular formula is C27H34N4O2S2. The van der Waals surface area contributed by atoms with Crippen LogP contribution < -0.4 is 10.2 Å². The number of anilines is 1. The number of nitrogens with zero attached hydrogens (tertiary/aromatic N) is 3. The van der Waals surface area contributed by atoms with Gasteiger partial charge in [0.1, 0.15) is 12.4 Å². The number of thiophene rings is 1. The molecule has 0 aliphatic carbocycles. The maximum atomic E-state index is 13.6. The van der Waals surface area contributed by atoms with Crippen LogP contribution >= 0.6 is 23.1 Å². The molecule has 0 spiro atoms. The first-order chi connectivity index (χ1) is 16.6. The number of fused-ring (bicyclic) bond motifs is 1. The first-order valence-electron chi connectivity index (χ1n) is 12.0. The van der Waals surface area contributed by atoms with Gasteiger partial charge >= 0.3 is 0 Å². The van der Waals surface area contributed by atoms with Crippen molar-refractivity contribution in [3.8, 4) is 5.69 Å². The lowest BCUT2D eigenvalue weighted by Gasteiger charge is -2.24. The third kappa shape index (κ3) is 5.48. The van der Waals surface area contributed by atoms with E-state index < -0.39 is 0 Å². The van der Waals surface area contributed by atoms with Gasteiger partial charge in [0.15, 0.2) is 0 Å². The Morgan fingerprint density at radius 3 is 2.63 bits per heavy atom. The highest BCUT2D eigenvalue weighted by molar-refractivity contribution is 8.00. The molecule has 2 amide bonds. The van der Waals surface area contributed by atoms with Crippen molar-refractivity contribution in [3.63, 3.8) is 0 Å². The molecule has 0 bridgehead atoms. The van der Waals surface area contributed by atoms with Crippen LogP contribution in [0.25, 0.3) is 5.69 Å². The van der Waals surface area contributed by atoms with Gasteiger partial charge < -0.3 is 5.32 Å². The van der Waals surface area contributed by atoms with Crippen molar-refractivity contribution >= 4 is 40.7 Å². The number of aryl methyl sites for hydroxylation is 1. The van der Waals surface area contributed by atoms with Gasteiger partial charge in [-0.05, 0) is 42.0 Å². The molecule has 0 saturated carbocycles. The van der Waals surface area contributed by atoms with E-state index in [1.54, 1.807) is 28.0 Å². The predicted octanol–water partition coefficient (Wildman–Crippen LogP) is 5.48. The van der Waals surface area contributed by atoms with Crippen molar-refractivity contribution in [1.29, 1.82) is 0 Å². The topological polar surface area (TPSA) is 67.2 Å². The number of thioether (sulfide) groups is 1. The van der Waals surface area contributed by atoms with Gasteiger partial charge in [0, 0.05) is 22.4 Å². The van der Waals surface area contributed by atoms with Crippen LogP contribution in [0, 0.1) is 12.8 Å². The van der Waals surface area contributed by atoms with Crippen LogP contribution in [0.2, 0.25) is 0 Å². The summed E-state index contributed by atoms with van der Waals surface area (Å²) in [6, 6.07) is 12.3. The van der Waals surface area contributed by atoms with Gasteiger partial charge in [0.25, 0.3) is 0 Å². The fourth-order valence-electron chi connectivity index (χ4n) is 4.20. The normalized spacial score (nSPS) is 16.4. The number of carbonyl (C=O) groups is 2. The number of aromatic nitrogens is 2. The SMILES string of the molecule is Cc1cccc(-n2nc(C(C)(C)C)c3c2N(CC(=O)NCC(C)C)C(=O)CS[C@H]3c2cccs2)c1. The number of carbonyl (C=O) groups excluding carboxylic acids is 2. The summed E-state index contributed by atoms with van der Waals surface area (Å²) in [6.45, 7) is 13.2. The molecule has 1 aliphatic heterocycles. The molecule has 3 aromatic rings. The smallest absolute Gasteiger partial charge is 0.240 e. The number of nitrogens with one attached hydrogen (secondary N) is 1. The molecule has 186 valence electrons. The third-order valence-corrected chi connectivity index (χ3v) is 8.18. The van der Waals surface area contributed by atoms with Gasteiger partial charge in [0.2, 0.25) is 11.8 Å². The predicted molar refractivity (Wildman–Crippen MR) is 146 cm³/mol. The molecule has 2 aromatic heterocycles. The summed E-state index contributed by atoms with van der Waals surface area (Å²) in [6.07, 6.45) is 0. The van der Waals surface area contributed by atoms with E-state index in [1.807, 2.05) is 35.9 Å². The van der Waals surface area contributed by atoms with E-state index in [1.165, 1.54) is 4.88 Å². The number of rotatable bonds is 6. The van der Waals surface area contributed by atoms with Crippen molar-refractivity contribution in [3.05, 3.63) is 63.5 Å². The molecule has 1 aliphatic rings. The molecule has 0 saturated heterocycles. The second kappa shape index (κ2) is 10.2. The molecule has 1 N–H and O–H groups in total. The van der Waals surface area contributed by atoms with Gasteiger partial charge in [-0.25, -0.2) is 4.68 Å². The molecule has 8 heteroatoms. The van der Waals surface area contributed by atoms with Gasteiger partial charge in [-0.15, -0.1) is 23.1 Å². The summed E-state index contributed by atoms with van der Waals surface area (Å²) < 4.78 is 1.88. The van der Waals surface area contributed by atoms with Crippen molar-refractivity contribution < 1.29 is 9.59 Å². The van der Waals surface area contributed by atoms with Crippen LogP contribution in [0.4, 0.5) is 5.82 Å². The number of benzene rings is 1. The van der Waals surface area contributed by atoms with E-state index in [4.69, 9.17) is 5.10 Å². The second-order valence-electron chi connectivity index (χ2n) is 10.5. The summed E-state index contributed by atoms with van der Waals surface area (Å²) in [5, 5.41) is 10.1. The average molecular weight is 511 g/mol. The molecular weight excluding hydrogens is 476 g/mol. The zero-order valence-corrected chi connectivity index (χ0v) is 22.9. The van der Waals surface area contributed by atoms with Crippen LogP contribution in [0.3, 0.4) is 0 Å². The van der Waals surface area contributed by atoms with Crippen LogP contribution in [0.1, 0.15) is 61.6 Å². The van der Waals surface area contributed by atoms with Gasteiger partial charge in [-0.2, -0.15) is 5.10 Å².